The van der Waals surface area contributed by atoms with E-state index in [2.05, 4.69) is 10.3 Å². The van der Waals surface area contributed by atoms with Gasteiger partial charge in [0.25, 0.3) is 5.91 Å². The zero-order chi connectivity index (χ0) is 12.1. The number of pyridine rings is 1. The number of carbonyl (C=O) groups is 2. The molecule has 0 aliphatic carbocycles. The molecule has 1 rings (SSSR count). The third-order valence-corrected chi connectivity index (χ3v) is 2.08. The van der Waals surface area contributed by atoms with Crippen LogP contribution in [0.5, 0.6) is 0 Å². The fourth-order valence-corrected chi connectivity index (χ4v) is 1.17. The van der Waals surface area contributed by atoms with Gasteiger partial charge < -0.3 is 15.4 Å². The lowest BCUT2D eigenvalue weighted by Gasteiger charge is -2.11. The highest BCUT2D eigenvalue weighted by atomic mass is 16.4. The van der Waals surface area contributed by atoms with Gasteiger partial charge in [0.2, 0.25) is 0 Å². The van der Waals surface area contributed by atoms with E-state index in [1.165, 1.54) is 18.5 Å². The molecule has 0 bridgehead atoms. The van der Waals surface area contributed by atoms with Crippen molar-refractivity contribution < 1.29 is 14.7 Å². The van der Waals surface area contributed by atoms with E-state index < -0.39 is 23.3 Å². The van der Waals surface area contributed by atoms with Crippen LogP contribution in [0.3, 0.4) is 0 Å². The van der Waals surface area contributed by atoms with Crippen LogP contribution in [-0.2, 0) is 4.79 Å². The number of hydrogen-bond acceptors (Lipinski definition) is 3. The van der Waals surface area contributed by atoms with Crippen molar-refractivity contribution in [1.29, 1.82) is 0 Å². The maximum absolute atomic E-state index is 11.5. The Kier molecular flexibility index (Phi) is 3.82. The van der Waals surface area contributed by atoms with E-state index in [1.807, 2.05) is 0 Å². The molecule has 0 saturated heterocycles. The van der Waals surface area contributed by atoms with Gasteiger partial charge in [-0.1, -0.05) is 6.92 Å². The summed E-state index contributed by atoms with van der Waals surface area (Å²) in [6.45, 7) is 1.63. The zero-order valence-electron chi connectivity index (χ0n) is 8.69. The summed E-state index contributed by atoms with van der Waals surface area (Å²) in [6.07, 6.45) is 2.89. The molecule has 3 N–H and O–H groups in total. The number of carboxylic acids is 1. The number of H-pyrrole nitrogens is 1. The van der Waals surface area contributed by atoms with E-state index in [9.17, 15) is 14.4 Å². The van der Waals surface area contributed by atoms with Gasteiger partial charge in [-0.05, 0) is 6.42 Å². The highest BCUT2D eigenvalue weighted by Gasteiger charge is 2.19. The summed E-state index contributed by atoms with van der Waals surface area (Å²) in [5, 5.41) is 11.0. The number of carbonyl (C=O) groups excluding carboxylic acids is 1. The first-order chi connectivity index (χ1) is 7.56. The van der Waals surface area contributed by atoms with Gasteiger partial charge in [0.15, 0.2) is 5.43 Å². The van der Waals surface area contributed by atoms with E-state index in [1.54, 1.807) is 6.92 Å². The van der Waals surface area contributed by atoms with Crippen LogP contribution in [0.25, 0.3) is 0 Å². The lowest BCUT2D eigenvalue weighted by Crippen LogP contribution is -2.41. The Morgan fingerprint density at radius 3 is 2.75 bits per heavy atom. The molecule has 1 aromatic heterocycles. The van der Waals surface area contributed by atoms with E-state index in [4.69, 9.17) is 5.11 Å². The summed E-state index contributed by atoms with van der Waals surface area (Å²) >= 11 is 0. The minimum absolute atomic E-state index is 0.0952. The number of hydrogen-bond donors (Lipinski definition) is 3. The highest BCUT2D eigenvalue weighted by molar-refractivity contribution is 5.96. The lowest BCUT2D eigenvalue weighted by atomic mass is 10.2. The Balaban J connectivity index is 2.84. The Morgan fingerprint density at radius 2 is 2.25 bits per heavy atom. The maximum atomic E-state index is 11.5. The molecular weight excluding hydrogens is 212 g/mol. The van der Waals surface area contributed by atoms with Gasteiger partial charge in [0.05, 0.1) is 0 Å². The number of nitrogens with one attached hydrogen (secondary N) is 2. The van der Waals surface area contributed by atoms with Gasteiger partial charge in [-0.3, -0.25) is 9.59 Å². The minimum Gasteiger partial charge on any atom is -0.480 e. The molecule has 1 atom stereocenters. The Bertz CT molecular complexity index is 452. The number of aromatic amines is 1. The molecule has 6 heteroatoms. The summed E-state index contributed by atoms with van der Waals surface area (Å²) in [4.78, 5) is 36.1. The molecule has 0 aliphatic heterocycles. The van der Waals surface area contributed by atoms with Crippen molar-refractivity contribution in [1.82, 2.24) is 10.3 Å². The minimum atomic E-state index is -1.12. The van der Waals surface area contributed by atoms with Gasteiger partial charge in [-0.2, -0.15) is 0 Å². The van der Waals surface area contributed by atoms with E-state index in [0.717, 1.165) is 0 Å². The van der Waals surface area contributed by atoms with E-state index in [0.29, 0.717) is 0 Å². The number of rotatable bonds is 4. The molecule has 0 fully saturated rings. The van der Waals surface area contributed by atoms with Crippen LogP contribution in [0.4, 0.5) is 0 Å². The quantitative estimate of drug-likeness (QED) is 0.668. The van der Waals surface area contributed by atoms with Crippen LogP contribution in [0.15, 0.2) is 23.3 Å². The molecule has 0 aromatic carbocycles. The van der Waals surface area contributed by atoms with E-state index in [-0.39, 0.29) is 12.0 Å². The van der Waals surface area contributed by atoms with Gasteiger partial charge in [0.1, 0.15) is 11.6 Å². The zero-order valence-corrected chi connectivity index (χ0v) is 8.69. The monoisotopic (exact) mass is 224 g/mol. The van der Waals surface area contributed by atoms with Crippen LogP contribution < -0.4 is 10.7 Å². The van der Waals surface area contributed by atoms with Crippen molar-refractivity contribution >= 4 is 11.9 Å². The van der Waals surface area contributed by atoms with Crippen molar-refractivity contribution in [2.75, 3.05) is 0 Å². The third kappa shape index (κ3) is 2.69. The van der Waals surface area contributed by atoms with Gasteiger partial charge in [-0.15, -0.1) is 0 Å². The Hall–Kier alpha value is -2.11. The average molecular weight is 224 g/mol. The predicted molar refractivity (Wildman–Crippen MR) is 56.2 cm³/mol. The first-order valence-corrected chi connectivity index (χ1v) is 4.77. The molecule has 0 saturated carbocycles. The molecule has 0 spiro atoms. The molecule has 16 heavy (non-hydrogen) atoms. The fraction of sp³-hybridized carbons (Fsp3) is 0.300. The maximum Gasteiger partial charge on any atom is 0.326 e. The first kappa shape index (κ1) is 12.0. The van der Waals surface area contributed by atoms with Gasteiger partial charge >= 0.3 is 5.97 Å². The SMILES string of the molecule is CCC(NC(=O)c1c[nH]ccc1=O)C(=O)O. The lowest BCUT2D eigenvalue weighted by molar-refractivity contribution is -0.139. The molecule has 0 radical (unpaired) electrons. The fourth-order valence-electron chi connectivity index (χ4n) is 1.17. The summed E-state index contributed by atoms with van der Waals surface area (Å²) in [7, 11) is 0. The molecule has 1 aromatic rings. The predicted octanol–water partition coefficient (Wildman–Crippen LogP) is -0.0321. The number of aromatic nitrogens is 1. The largest absolute Gasteiger partial charge is 0.480 e. The molecule has 1 amide bonds. The van der Waals surface area contributed by atoms with Crippen molar-refractivity contribution in [2.24, 2.45) is 0 Å². The highest BCUT2D eigenvalue weighted by Crippen LogP contribution is 1.94. The first-order valence-electron chi connectivity index (χ1n) is 4.77. The van der Waals surface area contributed by atoms with Crippen molar-refractivity contribution in [3.05, 3.63) is 34.2 Å². The average Bonchev–Trinajstić information content (AvgIpc) is 2.25. The number of aliphatic carboxylic acids is 1. The van der Waals surface area contributed by atoms with Crippen molar-refractivity contribution in [2.45, 2.75) is 19.4 Å². The number of amides is 1. The molecule has 86 valence electrons. The molecule has 0 aliphatic rings. The smallest absolute Gasteiger partial charge is 0.326 e. The number of carboxylic acid groups (broad SMARTS) is 1. The van der Waals surface area contributed by atoms with Crippen LogP contribution >= 0.6 is 0 Å². The summed E-state index contributed by atoms with van der Waals surface area (Å²) < 4.78 is 0. The summed E-state index contributed by atoms with van der Waals surface area (Å²) in [6, 6.07) is 0.225. The second-order valence-electron chi connectivity index (χ2n) is 3.19. The van der Waals surface area contributed by atoms with Crippen LogP contribution in [0.1, 0.15) is 23.7 Å². The second-order valence-corrected chi connectivity index (χ2v) is 3.19. The topological polar surface area (TPSA) is 99.3 Å². The second kappa shape index (κ2) is 5.11. The Labute approximate surface area is 91.3 Å². The molecule has 1 unspecified atom stereocenters. The van der Waals surface area contributed by atoms with Crippen LogP contribution in [-0.4, -0.2) is 28.0 Å². The van der Waals surface area contributed by atoms with Gasteiger partial charge in [-0.25, -0.2) is 4.79 Å². The molecule has 6 nitrogen and oxygen atoms in total. The van der Waals surface area contributed by atoms with Crippen molar-refractivity contribution in [3.63, 3.8) is 0 Å². The standard InChI is InChI=1S/C10H12N2O4/c1-2-7(10(15)16)12-9(14)6-5-11-4-3-8(6)13/h3-5,7H,2H2,1H3,(H,11,13)(H,12,14)(H,15,16). The summed E-state index contributed by atoms with van der Waals surface area (Å²) in [5.41, 5.74) is -0.543. The Morgan fingerprint density at radius 1 is 1.56 bits per heavy atom. The third-order valence-electron chi connectivity index (χ3n) is 2.08. The molecule has 1 heterocycles. The van der Waals surface area contributed by atoms with Crippen LogP contribution in [0, 0.1) is 0 Å². The van der Waals surface area contributed by atoms with Crippen LogP contribution in [0.2, 0.25) is 0 Å². The van der Waals surface area contributed by atoms with E-state index >= 15 is 0 Å². The van der Waals surface area contributed by atoms with Crippen molar-refractivity contribution in [3.8, 4) is 0 Å². The van der Waals surface area contributed by atoms with Gasteiger partial charge in [0, 0.05) is 18.5 Å². The summed E-state index contributed by atoms with van der Waals surface area (Å²) in [5.74, 6) is -1.81. The molecular formula is C10H12N2O4. The normalized spacial score (nSPS) is 11.8.